The standard InChI is InChI=1S/C12H19N5/c1-4-17-12(6-8-15-17)10(2)13-9-11-5-7-14-16(11)3/h5-8,10,13H,4,9H2,1-3H3. The van der Waals surface area contributed by atoms with Crippen LogP contribution in [0.4, 0.5) is 0 Å². The predicted octanol–water partition coefficient (Wildman–Crippen LogP) is 1.49. The summed E-state index contributed by atoms with van der Waals surface area (Å²) in [6.07, 6.45) is 3.67. The van der Waals surface area contributed by atoms with Crippen LogP contribution in [0.5, 0.6) is 0 Å². The van der Waals surface area contributed by atoms with Gasteiger partial charge in [-0.1, -0.05) is 0 Å². The van der Waals surface area contributed by atoms with Crippen LogP contribution in [-0.2, 0) is 20.1 Å². The Balaban J connectivity index is 1.98. The van der Waals surface area contributed by atoms with E-state index in [0.717, 1.165) is 13.1 Å². The third-order valence-corrected chi connectivity index (χ3v) is 3.00. The van der Waals surface area contributed by atoms with Gasteiger partial charge in [0, 0.05) is 38.6 Å². The molecule has 0 radical (unpaired) electrons. The Morgan fingerprint density at radius 2 is 2.06 bits per heavy atom. The van der Waals surface area contributed by atoms with Crippen molar-refractivity contribution in [2.75, 3.05) is 0 Å². The van der Waals surface area contributed by atoms with Gasteiger partial charge in [-0.2, -0.15) is 10.2 Å². The molecule has 1 atom stereocenters. The molecule has 0 saturated heterocycles. The van der Waals surface area contributed by atoms with Gasteiger partial charge in [0.05, 0.1) is 11.4 Å². The quantitative estimate of drug-likeness (QED) is 0.851. The lowest BCUT2D eigenvalue weighted by Crippen LogP contribution is -2.22. The summed E-state index contributed by atoms with van der Waals surface area (Å²) in [5.41, 5.74) is 2.40. The second-order valence-electron chi connectivity index (χ2n) is 4.12. The lowest BCUT2D eigenvalue weighted by Gasteiger charge is -2.15. The number of aromatic nitrogens is 4. The van der Waals surface area contributed by atoms with Crippen LogP contribution in [0, 0.1) is 0 Å². The Morgan fingerprint density at radius 3 is 2.71 bits per heavy atom. The van der Waals surface area contributed by atoms with E-state index in [0.29, 0.717) is 0 Å². The molecule has 0 fully saturated rings. The summed E-state index contributed by atoms with van der Waals surface area (Å²) < 4.78 is 3.90. The highest BCUT2D eigenvalue weighted by Gasteiger charge is 2.10. The average Bonchev–Trinajstić information content (AvgIpc) is 2.94. The van der Waals surface area contributed by atoms with Gasteiger partial charge in [-0.3, -0.25) is 9.36 Å². The third-order valence-electron chi connectivity index (χ3n) is 3.00. The van der Waals surface area contributed by atoms with Crippen LogP contribution in [0.2, 0.25) is 0 Å². The van der Waals surface area contributed by atoms with Crippen LogP contribution in [0.3, 0.4) is 0 Å². The van der Waals surface area contributed by atoms with Gasteiger partial charge in [-0.25, -0.2) is 0 Å². The number of nitrogens with zero attached hydrogens (tertiary/aromatic N) is 4. The maximum atomic E-state index is 4.28. The van der Waals surface area contributed by atoms with Crippen molar-refractivity contribution >= 4 is 0 Å². The van der Waals surface area contributed by atoms with Crippen molar-refractivity contribution in [1.82, 2.24) is 24.9 Å². The van der Waals surface area contributed by atoms with E-state index in [2.05, 4.69) is 35.4 Å². The molecular weight excluding hydrogens is 214 g/mol. The number of aryl methyl sites for hydroxylation is 2. The molecule has 0 spiro atoms. The fraction of sp³-hybridized carbons (Fsp3) is 0.500. The first-order valence-corrected chi connectivity index (χ1v) is 5.94. The molecule has 2 aromatic heterocycles. The molecule has 1 N–H and O–H groups in total. The van der Waals surface area contributed by atoms with Gasteiger partial charge in [0.2, 0.25) is 0 Å². The number of hydrogen-bond donors (Lipinski definition) is 1. The Hall–Kier alpha value is -1.62. The summed E-state index contributed by atoms with van der Waals surface area (Å²) in [6, 6.07) is 4.37. The Bertz CT molecular complexity index is 471. The van der Waals surface area contributed by atoms with E-state index in [1.165, 1.54) is 11.4 Å². The number of nitrogens with one attached hydrogen (secondary N) is 1. The van der Waals surface area contributed by atoms with E-state index in [-0.39, 0.29) is 6.04 Å². The zero-order valence-electron chi connectivity index (χ0n) is 10.6. The minimum atomic E-state index is 0.285. The first-order chi connectivity index (χ1) is 8.22. The molecule has 17 heavy (non-hydrogen) atoms. The summed E-state index contributed by atoms with van der Waals surface area (Å²) in [7, 11) is 1.96. The van der Waals surface area contributed by atoms with Crippen LogP contribution in [0.1, 0.15) is 31.3 Å². The summed E-state index contributed by atoms with van der Waals surface area (Å²) in [5, 5.41) is 11.9. The van der Waals surface area contributed by atoms with Crippen molar-refractivity contribution in [2.45, 2.75) is 33.0 Å². The average molecular weight is 233 g/mol. The topological polar surface area (TPSA) is 47.7 Å². The lowest BCUT2D eigenvalue weighted by atomic mass is 10.2. The van der Waals surface area contributed by atoms with Crippen molar-refractivity contribution in [1.29, 1.82) is 0 Å². The van der Waals surface area contributed by atoms with Crippen LogP contribution < -0.4 is 5.32 Å². The van der Waals surface area contributed by atoms with Crippen LogP contribution >= 0.6 is 0 Å². The van der Waals surface area contributed by atoms with Gasteiger partial charge >= 0.3 is 0 Å². The van der Waals surface area contributed by atoms with Gasteiger partial charge < -0.3 is 5.32 Å². The third kappa shape index (κ3) is 2.55. The normalized spacial score (nSPS) is 12.9. The molecule has 0 aliphatic rings. The SMILES string of the molecule is CCn1nccc1C(C)NCc1ccnn1C. The molecule has 2 rings (SSSR count). The summed E-state index contributed by atoms with van der Waals surface area (Å²) >= 11 is 0. The van der Waals surface area contributed by atoms with Crippen molar-refractivity contribution in [3.05, 3.63) is 35.9 Å². The molecule has 2 aromatic rings. The first-order valence-electron chi connectivity index (χ1n) is 5.94. The summed E-state index contributed by atoms with van der Waals surface area (Å²) in [5.74, 6) is 0. The zero-order valence-corrected chi connectivity index (χ0v) is 10.6. The number of rotatable bonds is 5. The molecule has 0 saturated carbocycles. The fourth-order valence-electron chi connectivity index (χ4n) is 1.91. The molecule has 0 bridgehead atoms. The molecule has 92 valence electrons. The molecule has 0 aliphatic carbocycles. The number of hydrogen-bond acceptors (Lipinski definition) is 3. The smallest absolute Gasteiger partial charge is 0.0550 e. The van der Waals surface area contributed by atoms with Crippen molar-refractivity contribution in [2.24, 2.45) is 7.05 Å². The first kappa shape index (κ1) is 11.9. The van der Waals surface area contributed by atoms with Gasteiger partial charge in [0.25, 0.3) is 0 Å². The summed E-state index contributed by atoms with van der Waals surface area (Å²) in [4.78, 5) is 0. The highest BCUT2D eigenvalue weighted by Crippen LogP contribution is 2.12. The van der Waals surface area contributed by atoms with Gasteiger partial charge in [-0.05, 0) is 26.0 Å². The van der Waals surface area contributed by atoms with Gasteiger partial charge in [0.1, 0.15) is 0 Å². The Labute approximate surface area is 101 Å². The highest BCUT2D eigenvalue weighted by atomic mass is 15.3. The molecule has 5 heteroatoms. The second-order valence-corrected chi connectivity index (χ2v) is 4.12. The van der Waals surface area contributed by atoms with Crippen LogP contribution in [0.25, 0.3) is 0 Å². The van der Waals surface area contributed by atoms with E-state index in [1.54, 1.807) is 0 Å². The second kappa shape index (κ2) is 5.14. The lowest BCUT2D eigenvalue weighted by molar-refractivity contribution is 0.498. The zero-order chi connectivity index (χ0) is 12.3. The minimum Gasteiger partial charge on any atom is -0.303 e. The molecule has 5 nitrogen and oxygen atoms in total. The molecule has 0 amide bonds. The Morgan fingerprint density at radius 1 is 1.29 bits per heavy atom. The molecule has 2 heterocycles. The largest absolute Gasteiger partial charge is 0.303 e. The van der Waals surface area contributed by atoms with E-state index in [4.69, 9.17) is 0 Å². The molecule has 1 unspecified atom stereocenters. The van der Waals surface area contributed by atoms with Gasteiger partial charge in [-0.15, -0.1) is 0 Å². The highest BCUT2D eigenvalue weighted by molar-refractivity contribution is 5.07. The monoisotopic (exact) mass is 233 g/mol. The summed E-state index contributed by atoms with van der Waals surface area (Å²) in [6.45, 7) is 5.97. The van der Waals surface area contributed by atoms with Crippen molar-refractivity contribution in [3.8, 4) is 0 Å². The predicted molar refractivity (Wildman–Crippen MR) is 66.4 cm³/mol. The van der Waals surface area contributed by atoms with E-state index in [1.807, 2.05) is 34.9 Å². The van der Waals surface area contributed by atoms with Crippen LogP contribution in [0.15, 0.2) is 24.5 Å². The molecular formula is C12H19N5. The maximum absolute atomic E-state index is 4.28. The Kier molecular flexibility index (Phi) is 3.58. The minimum absolute atomic E-state index is 0.285. The maximum Gasteiger partial charge on any atom is 0.0550 e. The van der Waals surface area contributed by atoms with Crippen molar-refractivity contribution < 1.29 is 0 Å². The van der Waals surface area contributed by atoms with Gasteiger partial charge in [0.15, 0.2) is 0 Å². The van der Waals surface area contributed by atoms with E-state index < -0.39 is 0 Å². The fourth-order valence-corrected chi connectivity index (χ4v) is 1.91. The van der Waals surface area contributed by atoms with Crippen molar-refractivity contribution in [3.63, 3.8) is 0 Å². The van der Waals surface area contributed by atoms with E-state index in [9.17, 15) is 0 Å². The molecule has 0 aromatic carbocycles. The molecule has 0 aliphatic heterocycles. The van der Waals surface area contributed by atoms with E-state index >= 15 is 0 Å². The van der Waals surface area contributed by atoms with Crippen LogP contribution in [-0.4, -0.2) is 19.6 Å².